The van der Waals surface area contributed by atoms with Gasteiger partial charge in [0.05, 0.1) is 0 Å². The molecular formula is C16H14N4O2S. The van der Waals surface area contributed by atoms with Gasteiger partial charge in [0.15, 0.2) is 11.0 Å². The van der Waals surface area contributed by atoms with Crippen molar-refractivity contribution in [3.63, 3.8) is 0 Å². The molecule has 0 radical (unpaired) electrons. The average molecular weight is 326 g/mol. The maximum atomic E-state index is 11.1. The van der Waals surface area contributed by atoms with Crippen LogP contribution in [0.1, 0.15) is 6.92 Å². The van der Waals surface area contributed by atoms with Crippen LogP contribution in [0, 0.1) is 0 Å². The summed E-state index contributed by atoms with van der Waals surface area (Å²) in [6.07, 6.45) is 3.40. The first-order valence-electron chi connectivity index (χ1n) is 6.97. The Kier molecular flexibility index (Phi) is 4.38. The number of pyridine rings is 1. The number of thioether (sulfide) groups is 1. The molecule has 0 aliphatic rings. The molecule has 1 unspecified atom stereocenters. The fourth-order valence-electron chi connectivity index (χ4n) is 2.05. The number of carboxylic acid groups (broad SMARTS) is 1. The third kappa shape index (κ3) is 3.24. The molecule has 23 heavy (non-hydrogen) atoms. The SMILES string of the molecule is CC(Sc1nnc(-c2cccnc2)n1-c1ccccc1)C(=O)O. The zero-order valence-corrected chi connectivity index (χ0v) is 13.1. The van der Waals surface area contributed by atoms with Crippen LogP contribution in [-0.4, -0.2) is 36.1 Å². The minimum Gasteiger partial charge on any atom is -0.480 e. The summed E-state index contributed by atoms with van der Waals surface area (Å²) >= 11 is 1.16. The first-order valence-corrected chi connectivity index (χ1v) is 7.85. The summed E-state index contributed by atoms with van der Waals surface area (Å²) in [5.41, 5.74) is 1.69. The van der Waals surface area contributed by atoms with E-state index in [0.717, 1.165) is 23.0 Å². The molecule has 0 aliphatic carbocycles. The molecule has 0 saturated carbocycles. The molecule has 0 amide bonds. The van der Waals surface area contributed by atoms with Gasteiger partial charge < -0.3 is 5.11 Å². The second-order valence-corrected chi connectivity index (χ2v) is 6.13. The molecule has 0 fully saturated rings. The monoisotopic (exact) mass is 326 g/mol. The van der Waals surface area contributed by atoms with Gasteiger partial charge in [0.2, 0.25) is 0 Å². The lowest BCUT2D eigenvalue weighted by Crippen LogP contribution is -2.12. The van der Waals surface area contributed by atoms with Gasteiger partial charge >= 0.3 is 5.97 Å². The molecule has 0 aliphatic heterocycles. The topological polar surface area (TPSA) is 80.9 Å². The predicted molar refractivity (Wildman–Crippen MR) is 87.5 cm³/mol. The molecule has 116 valence electrons. The van der Waals surface area contributed by atoms with Crippen molar-refractivity contribution < 1.29 is 9.90 Å². The van der Waals surface area contributed by atoms with Gasteiger partial charge in [-0.1, -0.05) is 30.0 Å². The standard InChI is InChI=1S/C16H14N4O2S/c1-11(15(21)22)23-16-19-18-14(12-6-5-9-17-10-12)20(16)13-7-3-2-4-8-13/h2-11H,1H3,(H,21,22). The molecule has 0 spiro atoms. The number of hydrogen-bond acceptors (Lipinski definition) is 5. The summed E-state index contributed by atoms with van der Waals surface area (Å²) in [4.78, 5) is 15.3. The Morgan fingerprint density at radius 1 is 1.17 bits per heavy atom. The third-order valence-corrected chi connectivity index (χ3v) is 4.23. The Labute approximate surface area is 137 Å². The van der Waals surface area contributed by atoms with E-state index in [1.54, 1.807) is 19.3 Å². The normalized spacial score (nSPS) is 12.0. The van der Waals surface area contributed by atoms with Crippen LogP contribution in [0.15, 0.2) is 60.0 Å². The van der Waals surface area contributed by atoms with Gasteiger partial charge in [-0.15, -0.1) is 10.2 Å². The maximum absolute atomic E-state index is 11.1. The van der Waals surface area contributed by atoms with Gasteiger partial charge in [0.25, 0.3) is 0 Å². The highest BCUT2D eigenvalue weighted by atomic mass is 32.2. The fourth-order valence-corrected chi connectivity index (χ4v) is 2.85. The van der Waals surface area contributed by atoms with E-state index >= 15 is 0 Å². The Hall–Kier alpha value is -2.67. The highest BCUT2D eigenvalue weighted by Crippen LogP contribution is 2.29. The number of rotatable bonds is 5. The van der Waals surface area contributed by atoms with Crippen LogP contribution in [0.5, 0.6) is 0 Å². The Bertz CT molecular complexity index is 805. The van der Waals surface area contributed by atoms with Crippen molar-refractivity contribution in [2.75, 3.05) is 0 Å². The van der Waals surface area contributed by atoms with Crippen molar-refractivity contribution in [2.45, 2.75) is 17.3 Å². The van der Waals surface area contributed by atoms with E-state index in [9.17, 15) is 4.79 Å². The minimum absolute atomic E-state index is 0.532. The zero-order valence-electron chi connectivity index (χ0n) is 12.3. The maximum Gasteiger partial charge on any atom is 0.316 e. The number of hydrogen-bond donors (Lipinski definition) is 1. The molecule has 0 bridgehead atoms. The number of carbonyl (C=O) groups is 1. The number of carboxylic acids is 1. The molecule has 1 aromatic carbocycles. The summed E-state index contributed by atoms with van der Waals surface area (Å²) in [6, 6.07) is 13.3. The molecule has 0 saturated heterocycles. The fraction of sp³-hybridized carbons (Fsp3) is 0.125. The number of aliphatic carboxylic acids is 1. The van der Waals surface area contributed by atoms with Crippen LogP contribution < -0.4 is 0 Å². The van der Waals surface area contributed by atoms with Crippen molar-refractivity contribution in [3.8, 4) is 17.1 Å². The van der Waals surface area contributed by atoms with Gasteiger partial charge in [-0.25, -0.2) is 0 Å². The number of nitrogens with zero attached hydrogens (tertiary/aromatic N) is 4. The van der Waals surface area contributed by atoms with Crippen molar-refractivity contribution in [2.24, 2.45) is 0 Å². The van der Waals surface area contributed by atoms with Gasteiger partial charge in [0.1, 0.15) is 5.25 Å². The number of aromatic nitrogens is 4. The molecule has 3 aromatic rings. The van der Waals surface area contributed by atoms with E-state index in [2.05, 4.69) is 15.2 Å². The van der Waals surface area contributed by atoms with Gasteiger partial charge in [-0.2, -0.15) is 0 Å². The van der Waals surface area contributed by atoms with Crippen LogP contribution >= 0.6 is 11.8 Å². The second-order valence-electron chi connectivity index (χ2n) is 4.82. The molecule has 6 nitrogen and oxygen atoms in total. The zero-order chi connectivity index (χ0) is 16.2. The van der Waals surface area contributed by atoms with E-state index in [1.807, 2.05) is 47.0 Å². The lowest BCUT2D eigenvalue weighted by atomic mass is 10.2. The third-order valence-electron chi connectivity index (χ3n) is 3.20. The van der Waals surface area contributed by atoms with Crippen molar-refractivity contribution in [3.05, 3.63) is 54.9 Å². The quantitative estimate of drug-likeness (QED) is 0.726. The van der Waals surface area contributed by atoms with E-state index in [4.69, 9.17) is 5.11 Å². The molecule has 1 atom stereocenters. The van der Waals surface area contributed by atoms with E-state index < -0.39 is 11.2 Å². The molecular weight excluding hydrogens is 312 g/mol. The van der Waals surface area contributed by atoms with E-state index in [-0.39, 0.29) is 0 Å². The smallest absolute Gasteiger partial charge is 0.316 e. The number of para-hydroxylation sites is 1. The summed E-state index contributed by atoms with van der Waals surface area (Å²) in [5, 5.41) is 17.5. The van der Waals surface area contributed by atoms with Crippen LogP contribution in [0.4, 0.5) is 0 Å². The largest absolute Gasteiger partial charge is 0.480 e. The highest BCUT2D eigenvalue weighted by molar-refractivity contribution is 8.00. The lowest BCUT2D eigenvalue weighted by molar-refractivity contribution is -0.136. The lowest BCUT2D eigenvalue weighted by Gasteiger charge is -2.11. The highest BCUT2D eigenvalue weighted by Gasteiger charge is 2.21. The average Bonchev–Trinajstić information content (AvgIpc) is 3.00. The van der Waals surface area contributed by atoms with Crippen LogP contribution in [-0.2, 0) is 4.79 Å². The summed E-state index contributed by atoms with van der Waals surface area (Å²) in [7, 11) is 0. The minimum atomic E-state index is -0.888. The Balaban J connectivity index is 2.11. The molecule has 2 heterocycles. The first kappa shape index (κ1) is 15.2. The van der Waals surface area contributed by atoms with E-state index in [1.165, 1.54) is 0 Å². The molecule has 3 rings (SSSR count). The van der Waals surface area contributed by atoms with Crippen molar-refractivity contribution >= 4 is 17.7 Å². The van der Waals surface area contributed by atoms with Crippen LogP contribution in [0.3, 0.4) is 0 Å². The van der Waals surface area contributed by atoms with Gasteiger partial charge in [-0.05, 0) is 31.2 Å². The molecule has 1 N–H and O–H groups in total. The van der Waals surface area contributed by atoms with E-state index in [0.29, 0.717) is 11.0 Å². The number of benzene rings is 1. The first-order chi connectivity index (χ1) is 11.2. The summed E-state index contributed by atoms with van der Waals surface area (Å²) < 4.78 is 1.85. The second kappa shape index (κ2) is 6.62. The summed E-state index contributed by atoms with van der Waals surface area (Å²) in [6.45, 7) is 1.63. The Morgan fingerprint density at radius 2 is 1.96 bits per heavy atom. The Morgan fingerprint density at radius 3 is 2.61 bits per heavy atom. The van der Waals surface area contributed by atoms with Crippen molar-refractivity contribution in [1.29, 1.82) is 0 Å². The van der Waals surface area contributed by atoms with Crippen LogP contribution in [0.2, 0.25) is 0 Å². The predicted octanol–water partition coefficient (Wildman–Crippen LogP) is 2.89. The van der Waals surface area contributed by atoms with Gasteiger partial charge in [-0.3, -0.25) is 14.3 Å². The summed E-state index contributed by atoms with van der Waals surface area (Å²) in [5.74, 6) is -0.259. The van der Waals surface area contributed by atoms with Crippen molar-refractivity contribution in [1.82, 2.24) is 19.7 Å². The molecule has 7 heteroatoms. The van der Waals surface area contributed by atoms with Gasteiger partial charge in [0, 0.05) is 23.6 Å². The molecule has 2 aromatic heterocycles. The van der Waals surface area contributed by atoms with Crippen LogP contribution in [0.25, 0.3) is 17.1 Å².